The molecule has 0 saturated heterocycles. The van der Waals surface area contributed by atoms with Crippen molar-refractivity contribution < 1.29 is 9.63 Å². The average Bonchev–Trinajstić information content (AvgIpc) is 3.30. The number of thiazole rings is 1. The van der Waals surface area contributed by atoms with Gasteiger partial charge in [-0.05, 0) is 50.1 Å². The summed E-state index contributed by atoms with van der Waals surface area (Å²) in [7, 11) is 1.41. The Morgan fingerprint density at radius 3 is 2.76 bits per heavy atom. The fourth-order valence-corrected chi connectivity index (χ4v) is 3.98. The summed E-state index contributed by atoms with van der Waals surface area (Å²) in [6, 6.07) is 7.51. The first-order valence-corrected chi connectivity index (χ1v) is 9.99. The number of rotatable bonds is 4. The molecule has 0 atom stereocenters. The number of amidine groups is 1. The number of nitrogens with zero attached hydrogens (tertiary/aromatic N) is 4. The van der Waals surface area contributed by atoms with Gasteiger partial charge in [0.05, 0.1) is 12.8 Å². The highest BCUT2D eigenvalue weighted by Crippen LogP contribution is 2.27. The molecule has 1 aliphatic rings. The first kappa shape index (κ1) is 19.2. The van der Waals surface area contributed by atoms with Gasteiger partial charge in [0.2, 0.25) is 5.13 Å². The molecule has 1 aromatic carbocycles. The van der Waals surface area contributed by atoms with Gasteiger partial charge in [-0.1, -0.05) is 6.07 Å². The topological polar surface area (TPSA) is 83.8 Å². The predicted octanol–water partition coefficient (Wildman–Crippen LogP) is 3.26. The molecule has 0 saturated carbocycles. The van der Waals surface area contributed by atoms with Crippen molar-refractivity contribution in [2.75, 3.05) is 24.1 Å². The number of aliphatic imine (C=N–C) groups is 1. The van der Waals surface area contributed by atoms with Crippen molar-refractivity contribution in [1.29, 1.82) is 0 Å². The van der Waals surface area contributed by atoms with E-state index < -0.39 is 0 Å². The Kier molecular flexibility index (Phi) is 5.08. The molecule has 3 heterocycles. The molecule has 1 amide bonds. The minimum atomic E-state index is -0.300. The van der Waals surface area contributed by atoms with Crippen molar-refractivity contribution in [3.05, 3.63) is 63.9 Å². The normalized spacial score (nSPS) is 13.1. The summed E-state index contributed by atoms with van der Waals surface area (Å²) in [6.07, 6.45) is 2.02. The molecule has 2 aromatic heterocycles. The smallest absolute Gasteiger partial charge is 0.274 e. The lowest BCUT2D eigenvalue weighted by Crippen LogP contribution is -2.38. The molecule has 150 valence electrons. The molecule has 0 unspecified atom stereocenters. The third-order valence-corrected chi connectivity index (χ3v) is 5.66. The van der Waals surface area contributed by atoms with E-state index >= 15 is 0 Å². The Balaban J connectivity index is 1.67. The van der Waals surface area contributed by atoms with Gasteiger partial charge in [0.15, 0.2) is 5.84 Å². The van der Waals surface area contributed by atoms with Crippen LogP contribution in [0.15, 0.2) is 40.8 Å². The van der Waals surface area contributed by atoms with Crippen LogP contribution in [0.2, 0.25) is 0 Å². The van der Waals surface area contributed by atoms with Gasteiger partial charge in [-0.3, -0.25) is 14.3 Å². The summed E-state index contributed by atoms with van der Waals surface area (Å²) in [4.78, 5) is 26.2. The third kappa shape index (κ3) is 3.62. The van der Waals surface area contributed by atoms with Gasteiger partial charge in [0, 0.05) is 22.8 Å². The van der Waals surface area contributed by atoms with Crippen LogP contribution >= 0.6 is 11.3 Å². The van der Waals surface area contributed by atoms with Crippen LogP contribution in [0.4, 0.5) is 10.8 Å². The molecule has 2 N–H and O–H groups in total. The Bertz CT molecular complexity index is 1100. The monoisotopic (exact) mass is 410 g/mol. The molecule has 1 aliphatic heterocycles. The highest BCUT2D eigenvalue weighted by atomic mass is 32.1. The molecular formula is C20H22N6O2S. The molecule has 0 fully saturated rings. The number of hydrogen-bond donors (Lipinski definition) is 2. The van der Waals surface area contributed by atoms with Gasteiger partial charge in [-0.25, -0.2) is 20.5 Å². The number of nitrogens with one attached hydrogen (secondary N) is 2. The van der Waals surface area contributed by atoms with E-state index in [1.165, 1.54) is 7.11 Å². The van der Waals surface area contributed by atoms with Crippen molar-refractivity contribution >= 4 is 33.9 Å². The lowest BCUT2D eigenvalue weighted by molar-refractivity contribution is 0.0537. The second-order valence-electron chi connectivity index (χ2n) is 6.80. The van der Waals surface area contributed by atoms with Crippen LogP contribution in [0.3, 0.4) is 0 Å². The van der Waals surface area contributed by atoms with Crippen LogP contribution in [0, 0.1) is 20.8 Å². The highest BCUT2D eigenvalue weighted by molar-refractivity contribution is 7.13. The first-order valence-electron chi connectivity index (χ1n) is 9.11. The summed E-state index contributed by atoms with van der Waals surface area (Å²) in [5.74, 6) is 0.454. The number of amides is 1. The number of aryl methyl sites for hydroxylation is 3. The van der Waals surface area contributed by atoms with Gasteiger partial charge in [0.25, 0.3) is 5.91 Å². The van der Waals surface area contributed by atoms with E-state index in [1.807, 2.05) is 36.5 Å². The van der Waals surface area contributed by atoms with Crippen LogP contribution in [-0.2, 0) is 4.84 Å². The zero-order chi connectivity index (χ0) is 20.5. The standard InChI is InChI=1S/C20H22N6O2S/c1-12-5-6-15(19(27)24-28-4)9-16(12)23-18-17-13(2)7-8-25(17)26(11-21-18)20-22-14(3)10-29-20/h5-10H,11H2,1-4H3,(H,21,23)(H,24,27). The van der Waals surface area contributed by atoms with Gasteiger partial charge in [-0.15, -0.1) is 11.3 Å². The maximum Gasteiger partial charge on any atom is 0.274 e. The molecule has 4 rings (SSSR count). The molecule has 8 nitrogen and oxygen atoms in total. The second-order valence-corrected chi connectivity index (χ2v) is 7.64. The van der Waals surface area contributed by atoms with Crippen LogP contribution < -0.4 is 15.8 Å². The molecule has 0 bridgehead atoms. The highest BCUT2D eigenvalue weighted by Gasteiger charge is 2.25. The lowest BCUT2D eigenvalue weighted by Gasteiger charge is -2.29. The number of anilines is 2. The summed E-state index contributed by atoms with van der Waals surface area (Å²) in [5.41, 5.74) is 7.73. The zero-order valence-electron chi connectivity index (χ0n) is 16.7. The number of fused-ring (bicyclic) bond motifs is 1. The van der Waals surface area contributed by atoms with Gasteiger partial charge >= 0.3 is 0 Å². The molecule has 0 spiro atoms. The van der Waals surface area contributed by atoms with Crippen LogP contribution in [0.1, 0.15) is 32.9 Å². The van der Waals surface area contributed by atoms with Crippen molar-refractivity contribution in [2.24, 2.45) is 4.99 Å². The second kappa shape index (κ2) is 7.69. The molecule has 9 heteroatoms. The number of hydrogen-bond acceptors (Lipinski definition) is 7. The predicted molar refractivity (Wildman–Crippen MR) is 115 cm³/mol. The fraction of sp³-hybridized carbons (Fsp3) is 0.250. The minimum absolute atomic E-state index is 0.300. The summed E-state index contributed by atoms with van der Waals surface area (Å²) < 4.78 is 2.07. The van der Waals surface area contributed by atoms with Crippen molar-refractivity contribution in [1.82, 2.24) is 15.1 Å². The van der Waals surface area contributed by atoms with Crippen molar-refractivity contribution in [3.63, 3.8) is 0 Å². The molecule has 0 radical (unpaired) electrons. The van der Waals surface area contributed by atoms with E-state index in [-0.39, 0.29) is 5.91 Å². The maximum absolute atomic E-state index is 12.1. The third-order valence-electron chi connectivity index (χ3n) is 4.69. The Morgan fingerprint density at radius 2 is 2.03 bits per heavy atom. The summed E-state index contributed by atoms with van der Waals surface area (Å²) in [6.45, 7) is 6.46. The van der Waals surface area contributed by atoms with Crippen LogP contribution in [0.25, 0.3) is 0 Å². The number of benzene rings is 1. The maximum atomic E-state index is 12.1. The molecular weight excluding hydrogens is 388 g/mol. The van der Waals surface area contributed by atoms with Crippen LogP contribution in [0.5, 0.6) is 0 Å². The molecule has 3 aromatic rings. The van der Waals surface area contributed by atoms with E-state index in [4.69, 9.17) is 9.83 Å². The number of hydroxylamine groups is 1. The SMILES string of the molecule is CONC(=O)c1ccc(C)c(NC2=NCN(c3nc(C)cs3)n3ccc(C)c32)c1. The van der Waals surface area contributed by atoms with Gasteiger partial charge < -0.3 is 5.32 Å². The summed E-state index contributed by atoms with van der Waals surface area (Å²) >= 11 is 1.59. The van der Waals surface area contributed by atoms with Gasteiger partial charge in [0.1, 0.15) is 12.4 Å². The zero-order valence-corrected chi connectivity index (χ0v) is 17.5. The van der Waals surface area contributed by atoms with Crippen molar-refractivity contribution in [3.8, 4) is 0 Å². The minimum Gasteiger partial charge on any atom is -0.338 e. The van der Waals surface area contributed by atoms with Crippen molar-refractivity contribution in [2.45, 2.75) is 20.8 Å². The first-order chi connectivity index (χ1) is 14.0. The average molecular weight is 411 g/mol. The van der Waals surface area contributed by atoms with E-state index in [1.54, 1.807) is 23.5 Å². The number of carbonyl (C=O) groups is 1. The number of carbonyl (C=O) groups excluding carboxylic acids is 1. The Hall–Kier alpha value is -3.17. The van der Waals surface area contributed by atoms with Gasteiger partial charge in [-0.2, -0.15) is 0 Å². The molecule has 29 heavy (non-hydrogen) atoms. The van der Waals surface area contributed by atoms with E-state index in [9.17, 15) is 4.79 Å². The summed E-state index contributed by atoms with van der Waals surface area (Å²) in [5, 5.41) is 8.38. The molecule has 0 aliphatic carbocycles. The quantitative estimate of drug-likeness (QED) is 0.645. The number of aromatic nitrogens is 2. The largest absolute Gasteiger partial charge is 0.338 e. The van der Waals surface area contributed by atoms with E-state index in [0.717, 1.165) is 39.2 Å². The van der Waals surface area contributed by atoms with E-state index in [0.29, 0.717) is 12.2 Å². The van der Waals surface area contributed by atoms with E-state index in [2.05, 4.69) is 33.4 Å². The lowest BCUT2D eigenvalue weighted by atomic mass is 10.1. The van der Waals surface area contributed by atoms with Crippen LogP contribution in [-0.4, -0.2) is 35.2 Å². The Labute approximate surface area is 172 Å². The Morgan fingerprint density at radius 1 is 1.21 bits per heavy atom. The fourth-order valence-electron chi connectivity index (χ4n) is 3.18.